The molecule has 0 spiro atoms. The molecule has 0 bridgehead atoms. The Labute approximate surface area is 153 Å². The largest absolute Gasteiger partial charge is 0.494 e. The Morgan fingerprint density at radius 1 is 1.16 bits per heavy atom. The lowest BCUT2D eigenvalue weighted by molar-refractivity contribution is 0.0569. The van der Waals surface area contributed by atoms with Gasteiger partial charge in [0.05, 0.1) is 12.7 Å². The van der Waals surface area contributed by atoms with Crippen molar-refractivity contribution in [3.05, 3.63) is 29.8 Å². The Hall–Kier alpha value is -1.57. The molecule has 1 saturated heterocycles. The van der Waals surface area contributed by atoms with Crippen LogP contribution in [-0.4, -0.2) is 48.6 Å². The second kappa shape index (κ2) is 10.4. The van der Waals surface area contributed by atoms with Crippen LogP contribution in [0.5, 0.6) is 5.75 Å². The maximum atomic E-state index is 9.80. The van der Waals surface area contributed by atoms with Crippen LogP contribution in [0.15, 0.2) is 24.3 Å². The number of piperazine rings is 1. The highest BCUT2D eigenvalue weighted by atomic mass is 16.5. The molecule has 1 heterocycles. The summed E-state index contributed by atoms with van der Waals surface area (Å²) in [4.78, 5) is 4.86. The fraction of sp³-hybridized carbons (Fsp3) is 0.667. The molecule has 0 amide bonds. The molecule has 0 radical (unpaired) electrons. The molecule has 4 nitrogen and oxygen atoms in total. The standard InChI is InChI=1S/C21H33N3O/c1-4-7-8-15-25-20-11-9-18(10-12-20)21(16-22)24-14-13-23(6-3)17-19(24)5-2/h9-12,19,21H,4-8,13-15,17H2,1-3H3. The highest BCUT2D eigenvalue weighted by molar-refractivity contribution is 5.32. The van der Waals surface area contributed by atoms with E-state index in [4.69, 9.17) is 4.74 Å². The zero-order valence-corrected chi connectivity index (χ0v) is 16.1. The van der Waals surface area contributed by atoms with Crippen LogP contribution in [0, 0.1) is 11.3 Å². The van der Waals surface area contributed by atoms with E-state index in [-0.39, 0.29) is 6.04 Å². The van der Waals surface area contributed by atoms with Crippen molar-refractivity contribution in [3.8, 4) is 11.8 Å². The van der Waals surface area contributed by atoms with E-state index in [0.29, 0.717) is 6.04 Å². The fourth-order valence-corrected chi connectivity index (χ4v) is 3.55. The van der Waals surface area contributed by atoms with Gasteiger partial charge in [-0.15, -0.1) is 0 Å². The van der Waals surface area contributed by atoms with Gasteiger partial charge in [-0.3, -0.25) is 4.90 Å². The molecular weight excluding hydrogens is 310 g/mol. The van der Waals surface area contributed by atoms with Crippen molar-refractivity contribution in [1.82, 2.24) is 9.80 Å². The molecule has 0 N–H and O–H groups in total. The van der Waals surface area contributed by atoms with Crippen molar-refractivity contribution in [3.63, 3.8) is 0 Å². The van der Waals surface area contributed by atoms with E-state index < -0.39 is 0 Å². The van der Waals surface area contributed by atoms with Crippen molar-refractivity contribution < 1.29 is 4.74 Å². The monoisotopic (exact) mass is 343 g/mol. The third-order valence-electron chi connectivity index (χ3n) is 5.20. The van der Waals surface area contributed by atoms with Gasteiger partial charge in [-0.05, 0) is 37.1 Å². The average Bonchev–Trinajstić information content (AvgIpc) is 2.67. The number of hydrogen-bond acceptors (Lipinski definition) is 4. The highest BCUT2D eigenvalue weighted by Gasteiger charge is 2.31. The number of rotatable bonds is 9. The van der Waals surface area contributed by atoms with Gasteiger partial charge in [-0.25, -0.2) is 0 Å². The Bertz CT molecular complexity index is 537. The lowest BCUT2D eigenvalue weighted by Gasteiger charge is -2.43. The van der Waals surface area contributed by atoms with Crippen molar-refractivity contribution in [2.45, 2.75) is 58.5 Å². The van der Waals surface area contributed by atoms with Gasteiger partial charge < -0.3 is 9.64 Å². The minimum Gasteiger partial charge on any atom is -0.494 e. The predicted octanol–water partition coefficient (Wildman–Crippen LogP) is 4.24. The highest BCUT2D eigenvalue weighted by Crippen LogP contribution is 2.27. The van der Waals surface area contributed by atoms with Gasteiger partial charge in [0, 0.05) is 25.7 Å². The molecule has 2 atom stereocenters. The number of nitriles is 1. The molecule has 0 aliphatic carbocycles. The molecule has 1 fully saturated rings. The maximum absolute atomic E-state index is 9.80. The summed E-state index contributed by atoms with van der Waals surface area (Å²) in [5.74, 6) is 0.902. The minimum absolute atomic E-state index is 0.168. The van der Waals surface area contributed by atoms with Gasteiger partial charge in [-0.1, -0.05) is 45.7 Å². The number of unbranched alkanes of at least 4 members (excludes halogenated alkanes) is 2. The Balaban J connectivity index is 2.01. The Morgan fingerprint density at radius 3 is 2.52 bits per heavy atom. The van der Waals surface area contributed by atoms with E-state index in [2.05, 4.69) is 48.8 Å². The molecule has 138 valence electrons. The van der Waals surface area contributed by atoms with E-state index >= 15 is 0 Å². The summed E-state index contributed by atoms with van der Waals surface area (Å²) in [6.07, 6.45) is 4.58. The average molecular weight is 344 g/mol. The minimum atomic E-state index is -0.168. The van der Waals surface area contributed by atoms with Crippen LogP contribution in [0.3, 0.4) is 0 Å². The zero-order chi connectivity index (χ0) is 18.1. The molecule has 0 aromatic heterocycles. The number of benzene rings is 1. The second-order valence-corrected chi connectivity index (χ2v) is 6.85. The molecule has 1 aliphatic rings. The van der Waals surface area contributed by atoms with E-state index in [1.807, 2.05) is 12.1 Å². The second-order valence-electron chi connectivity index (χ2n) is 6.85. The van der Waals surface area contributed by atoms with Crippen molar-refractivity contribution in [1.29, 1.82) is 5.26 Å². The molecular formula is C21H33N3O. The quantitative estimate of drug-likeness (QED) is 0.629. The summed E-state index contributed by atoms with van der Waals surface area (Å²) in [6.45, 7) is 11.5. The van der Waals surface area contributed by atoms with E-state index in [0.717, 1.165) is 56.9 Å². The van der Waals surface area contributed by atoms with Crippen LogP contribution in [0.2, 0.25) is 0 Å². The third-order valence-corrected chi connectivity index (χ3v) is 5.20. The zero-order valence-electron chi connectivity index (χ0n) is 16.1. The van der Waals surface area contributed by atoms with Gasteiger partial charge in [0.15, 0.2) is 0 Å². The molecule has 1 aromatic carbocycles. The number of likely N-dealkylation sites (N-methyl/N-ethyl adjacent to an activating group) is 1. The fourth-order valence-electron chi connectivity index (χ4n) is 3.55. The van der Waals surface area contributed by atoms with Crippen LogP contribution in [0.4, 0.5) is 0 Å². The maximum Gasteiger partial charge on any atom is 0.124 e. The molecule has 2 unspecified atom stereocenters. The Kier molecular flexibility index (Phi) is 8.24. The normalized spacial score (nSPS) is 20.2. The van der Waals surface area contributed by atoms with Gasteiger partial charge in [0.1, 0.15) is 11.8 Å². The molecule has 25 heavy (non-hydrogen) atoms. The van der Waals surface area contributed by atoms with E-state index in [1.165, 1.54) is 12.8 Å². The summed E-state index contributed by atoms with van der Waals surface area (Å²) in [5.41, 5.74) is 1.08. The molecule has 4 heteroatoms. The summed E-state index contributed by atoms with van der Waals surface area (Å²) >= 11 is 0. The third kappa shape index (κ3) is 5.45. The first-order valence-electron chi connectivity index (χ1n) is 9.83. The van der Waals surface area contributed by atoms with Gasteiger partial charge in [-0.2, -0.15) is 5.26 Å². The van der Waals surface area contributed by atoms with Crippen LogP contribution >= 0.6 is 0 Å². The summed E-state index contributed by atoms with van der Waals surface area (Å²) in [6, 6.07) is 10.9. The van der Waals surface area contributed by atoms with Crippen molar-refractivity contribution in [2.24, 2.45) is 0 Å². The predicted molar refractivity (Wildman–Crippen MR) is 103 cm³/mol. The topological polar surface area (TPSA) is 39.5 Å². The van der Waals surface area contributed by atoms with Crippen molar-refractivity contribution >= 4 is 0 Å². The Morgan fingerprint density at radius 2 is 1.92 bits per heavy atom. The summed E-state index contributed by atoms with van der Waals surface area (Å²) in [7, 11) is 0. The number of nitrogens with zero attached hydrogens (tertiary/aromatic N) is 3. The van der Waals surface area contributed by atoms with Gasteiger partial charge >= 0.3 is 0 Å². The molecule has 1 aromatic rings. The van der Waals surface area contributed by atoms with Crippen LogP contribution < -0.4 is 4.74 Å². The number of ether oxygens (including phenoxy) is 1. The lowest BCUT2D eigenvalue weighted by atomic mass is 10.0. The van der Waals surface area contributed by atoms with E-state index in [9.17, 15) is 5.26 Å². The van der Waals surface area contributed by atoms with Crippen LogP contribution in [-0.2, 0) is 0 Å². The number of hydrogen-bond donors (Lipinski definition) is 0. The SMILES string of the molecule is CCCCCOc1ccc(C(C#N)N2CCN(CC)CC2CC)cc1. The molecule has 1 aliphatic heterocycles. The lowest BCUT2D eigenvalue weighted by Crippen LogP contribution is -2.53. The summed E-state index contributed by atoms with van der Waals surface area (Å²) < 4.78 is 5.79. The van der Waals surface area contributed by atoms with E-state index in [1.54, 1.807) is 0 Å². The molecule has 2 rings (SSSR count). The first kappa shape index (κ1) is 19.8. The summed E-state index contributed by atoms with van der Waals surface area (Å²) in [5, 5.41) is 9.80. The first-order chi connectivity index (χ1) is 12.2. The first-order valence-corrected chi connectivity index (χ1v) is 9.83. The van der Waals surface area contributed by atoms with Crippen LogP contribution in [0.25, 0.3) is 0 Å². The van der Waals surface area contributed by atoms with Crippen molar-refractivity contribution in [2.75, 3.05) is 32.8 Å². The molecule has 0 saturated carbocycles. The van der Waals surface area contributed by atoms with Crippen LogP contribution in [0.1, 0.15) is 58.1 Å². The van der Waals surface area contributed by atoms with Gasteiger partial charge in [0.25, 0.3) is 0 Å². The van der Waals surface area contributed by atoms with Gasteiger partial charge in [0.2, 0.25) is 0 Å². The smallest absolute Gasteiger partial charge is 0.124 e.